The highest BCUT2D eigenvalue weighted by Gasteiger charge is 2.28. The molecule has 0 unspecified atom stereocenters. The topological polar surface area (TPSA) is 19.4 Å². The highest BCUT2D eigenvalue weighted by Crippen LogP contribution is 2.28. The number of benzene rings is 1. The Labute approximate surface area is 174 Å². The van der Waals surface area contributed by atoms with Crippen molar-refractivity contribution in [2.75, 3.05) is 19.6 Å². The smallest absolute Gasteiger partial charge is 0.123 e. The Morgan fingerprint density at radius 1 is 0.966 bits per heavy atom. The summed E-state index contributed by atoms with van der Waals surface area (Å²) in [5.41, 5.74) is 2.28. The molecule has 156 valence electrons. The van der Waals surface area contributed by atoms with Crippen molar-refractivity contribution >= 4 is 0 Å². The van der Waals surface area contributed by atoms with E-state index in [0.29, 0.717) is 5.92 Å². The summed E-state index contributed by atoms with van der Waals surface area (Å²) in [6.07, 6.45) is 13.4. The third kappa shape index (κ3) is 6.10. The summed E-state index contributed by atoms with van der Waals surface area (Å²) in [7, 11) is 0. The molecule has 0 radical (unpaired) electrons. The van der Waals surface area contributed by atoms with Crippen LogP contribution >= 0.6 is 0 Å². The molecule has 0 amide bonds. The number of aromatic nitrogens is 1. The van der Waals surface area contributed by atoms with Crippen LogP contribution in [0.5, 0.6) is 0 Å². The van der Waals surface area contributed by atoms with Gasteiger partial charge in [0.1, 0.15) is 5.82 Å². The molecular weight excluding hydrogens is 361 g/mol. The Kier molecular flexibility index (Phi) is 7.28. The number of pyridine rings is 1. The second-order valence-corrected chi connectivity index (χ2v) is 8.96. The summed E-state index contributed by atoms with van der Waals surface area (Å²) in [6.45, 7) is 5.20. The highest BCUT2D eigenvalue weighted by atomic mass is 19.1. The van der Waals surface area contributed by atoms with Gasteiger partial charge in [-0.2, -0.15) is 0 Å². The SMILES string of the molecule is Fc1cccc(CN(Cc2cccnc2)C[C@@H]2CCCN(C3CCCCC3)C2)c1. The van der Waals surface area contributed by atoms with Gasteiger partial charge >= 0.3 is 0 Å². The van der Waals surface area contributed by atoms with E-state index in [1.165, 1.54) is 69.7 Å². The van der Waals surface area contributed by atoms with Crippen LogP contribution < -0.4 is 0 Å². The van der Waals surface area contributed by atoms with Crippen molar-refractivity contribution in [3.8, 4) is 0 Å². The molecule has 0 spiro atoms. The van der Waals surface area contributed by atoms with E-state index in [0.717, 1.165) is 31.2 Å². The molecule has 2 aliphatic rings. The molecule has 0 bridgehead atoms. The van der Waals surface area contributed by atoms with Crippen molar-refractivity contribution in [3.63, 3.8) is 0 Å². The van der Waals surface area contributed by atoms with Crippen molar-refractivity contribution in [1.82, 2.24) is 14.8 Å². The predicted octanol–water partition coefficient (Wildman–Crippen LogP) is 5.27. The van der Waals surface area contributed by atoms with Crippen molar-refractivity contribution in [1.29, 1.82) is 0 Å². The van der Waals surface area contributed by atoms with Crippen LogP contribution in [0.25, 0.3) is 0 Å². The molecule has 29 heavy (non-hydrogen) atoms. The van der Waals surface area contributed by atoms with Gasteiger partial charge in [0.15, 0.2) is 0 Å². The molecule has 1 aliphatic heterocycles. The molecule has 2 aromatic rings. The Bertz CT molecular complexity index is 745. The first-order valence-corrected chi connectivity index (χ1v) is 11.4. The van der Waals surface area contributed by atoms with Crippen LogP contribution in [0.15, 0.2) is 48.8 Å². The Morgan fingerprint density at radius 2 is 1.79 bits per heavy atom. The fourth-order valence-corrected chi connectivity index (χ4v) is 5.22. The highest BCUT2D eigenvalue weighted by molar-refractivity contribution is 5.17. The molecular formula is C25H34FN3. The first kappa shape index (κ1) is 20.5. The van der Waals surface area contributed by atoms with Crippen LogP contribution in [-0.2, 0) is 13.1 Å². The zero-order valence-corrected chi connectivity index (χ0v) is 17.5. The molecule has 0 N–H and O–H groups in total. The average Bonchev–Trinajstić information content (AvgIpc) is 2.75. The summed E-state index contributed by atoms with van der Waals surface area (Å²) in [5.74, 6) is 0.542. The van der Waals surface area contributed by atoms with Gasteiger partial charge in [-0.25, -0.2) is 4.39 Å². The van der Waals surface area contributed by atoms with E-state index in [2.05, 4.69) is 20.9 Å². The lowest BCUT2D eigenvalue weighted by Gasteiger charge is -2.41. The molecule has 1 aromatic carbocycles. The second kappa shape index (κ2) is 10.3. The van der Waals surface area contributed by atoms with Crippen LogP contribution in [0.2, 0.25) is 0 Å². The molecule has 3 nitrogen and oxygen atoms in total. The van der Waals surface area contributed by atoms with E-state index in [4.69, 9.17) is 0 Å². The van der Waals surface area contributed by atoms with Gasteiger partial charge < -0.3 is 4.90 Å². The van der Waals surface area contributed by atoms with E-state index in [1.807, 2.05) is 30.6 Å². The maximum Gasteiger partial charge on any atom is 0.123 e. The third-order valence-electron chi connectivity index (χ3n) is 6.58. The summed E-state index contributed by atoms with van der Waals surface area (Å²) in [4.78, 5) is 9.55. The summed E-state index contributed by atoms with van der Waals surface area (Å²) in [5, 5.41) is 0. The average molecular weight is 396 g/mol. The van der Waals surface area contributed by atoms with E-state index in [1.54, 1.807) is 6.07 Å². The molecule has 2 heterocycles. The van der Waals surface area contributed by atoms with Gasteiger partial charge in [0.2, 0.25) is 0 Å². The van der Waals surface area contributed by atoms with Gasteiger partial charge in [-0.05, 0) is 67.5 Å². The Hall–Kier alpha value is -1.78. The Balaban J connectivity index is 1.42. The van der Waals surface area contributed by atoms with Crippen molar-refractivity contribution in [2.24, 2.45) is 5.92 Å². The standard InChI is InChI=1S/C25H34FN3/c26-24-10-4-7-21(15-24)17-28(18-22-8-5-13-27-16-22)19-23-9-6-14-29(20-23)25-11-2-1-3-12-25/h4-5,7-8,10,13,15-16,23,25H,1-3,6,9,11-12,14,17-20H2/t23-/m0/s1. The predicted molar refractivity (Wildman–Crippen MR) is 116 cm³/mol. The number of hydrogen-bond acceptors (Lipinski definition) is 3. The number of hydrogen-bond donors (Lipinski definition) is 0. The fraction of sp³-hybridized carbons (Fsp3) is 0.560. The number of nitrogens with zero attached hydrogens (tertiary/aromatic N) is 3. The monoisotopic (exact) mass is 395 g/mol. The zero-order valence-electron chi connectivity index (χ0n) is 17.5. The van der Waals surface area contributed by atoms with Gasteiger partial charge in [0, 0.05) is 44.6 Å². The second-order valence-electron chi connectivity index (χ2n) is 8.96. The molecule has 1 saturated carbocycles. The maximum atomic E-state index is 13.7. The van der Waals surface area contributed by atoms with Crippen LogP contribution in [0.3, 0.4) is 0 Å². The summed E-state index contributed by atoms with van der Waals surface area (Å²) < 4.78 is 13.7. The third-order valence-corrected chi connectivity index (χ3v) is 6.58. The van der Waals surface area contributed by atoms with E-state index < -0.39 is 0 Å². The molecule has 1 aliphatic carbocycles. The molecule has 1 atom stereocenters. The fourth-order valence-electron chi connectivity index (χ4n) is 5.22. The van der Waals surface area contributed by atoms with Gasteiger partial charge in [-0.1, -0.05) is 37.5 Å². The van der Waals surface area contributed by atoms with Crippen LogP contribution in [0.4, 0.5) is 4.39 Å². The van der Waals surface area contributed by atoms with E-state index in [9.17, 15) is 4.39 Å². The van der Waals surface area contributed by atoms with Crippen LogP contribution in [-0.4, -0.2) is 40.5 Å². The van der Waals surface area contributed by atoms with Crippen molar-refractivity contribution in [2.45, 2.75) is 64.1 Å². The zero-order chi connectivity index (χ0) is 19.9. The summed E-state index contributed by atoms with van der Waals surface area (Å²) >= 11 is 0. The lowest BCUT2D eigenvalue weighted by atomic mass is 9.90. The minimum absolute atomic E-state index is 0.148. The Morgan fingerprint density at radius 3 is 2.59 bits per heavy atom. The molecule has 4 rings (SSSR count). The molecule has 1 aromatic heterocycles. The lowest BCUT2D eigenvalue weighted by molar-refractivity contribution is 0.0771. The van der Waals surface area contributed by atoms with Gasteiger partial charge in [-0.15, -0.1) is 0 Å². The molecule has 1 saturated heterocycles. The van der Waals surface area contributed by atoms with Crippen molar-refractivity contribution in [3.05, 3.63) is 65.7 Å². The molecule has 2 fully saturated rings. The van der Waals surface area contributed by atoms with E-state index >= 15 is 0 Å². The molecule has 4 heteroatoms. The lowest BCUT2D eigenvalue weighted by Crippen LogP contribution is -2.46. The normalized spacial score (nSPS) is 21.5. The van der Waals surface area contributed by atoms with Crippen molar-refractivity contribution < 1.29 is 4.39 Å². The minimum atomic E-state index is -0.148. The maximum absolute atomic E-state index is 13.7. The summed E-state index contributed by atoms with van der Waals surface area (Å²) in [6, 6.07) is 12.0. The number of rotatable bonds is 7. The number of likely N-dealkylation sites (tertiary alicyclic amines) is 1. The first-order valence-electron chi connectivity index (χ1n) is 11.4. The number of halogens is 1. The largest absolute Gasteiger partial charge is 0.300 e. The van der Waals surface area contributed by atoms with Gasteiger partial charge in [0.25, 0.3) is 0 Å². The quantitative estimate of drug-likeness (QED) is 0.637. The number of piperidine rings is 1. The van der Waals surface area contributed by atoms with Gasteiger partial charge in [-0.3, -0.25) is 9.88 Å². The van der Waals surface area contributed by atoms with Gasteiger partial charge in [0.05, 0.1) is 0 Å². The first-order chi connectivity index (χ1) is 14.3. The van der Waals surface area contributed by atoms with Crippen LogP contribution in [0, 0.1) is 11.7 Å². The van der Waals surface area contributed by atoms with E-state index in [-0.39, 0.29) is 5.82 Å². The van der Waals surface area contributed by atoms with Crippen LogP contribution in [0.1, 0.15) is 56.1 Å². The minimum Gasteiger partial charge on any atom is -0.300 e.